The number of hydrogen-bond donors (Lipinski definition) is 1. The van der Waals surface area contributed by atoms with Gasteiger partial charge in [0.1, 0.15) is 0 Å². The highest BCUT2D eigenvalue weighted by atomic mass is 14.9. The van der Waals surface area contributed by atoms with Gasteiger partial charge in [0.05, 0.1) is 0 Å². The summed E-state index contributed by atoms with van der Waals surface area (Å²) in [7, 11) is 0. The zero-order chi connectivity index (χ0) is 13.1. The highest BCUT2D eigenvalue weighted by Gasteiger charge is 2.16. The molecule has 98 valence electrons. The molecule has 1 saturated heterocycles. The Bertz CT molecular complexity index is 557. The molecular formula is C17H20N2. The SMILES string of the molecule is Cc1ccccc1-c1ccnc(C2CCNCC2)c1. The summed E-state index contributed by atoms with van der Waals surface area (Å²) in [6.45, 7) is 4.39. The smallest absolute Gasteiger partial charge is 0.0441 e. The number of piperidine rings is 1. The third-order valence-electron chi connectivity index (χ3n) is 3.99. The average Bonchev–Trinajstić information content (AvgIpc) is 2.49. The predicted molar refractivity (Wildman–Crippen MR) is 79.3 cm³/mol. The maximum absolute atomic E-state index is 4.59. The van der Waals surface area contributed by atoms with Gasteiger partial charge in [0, 0.05) is 17.8 Å². The summed E-state index contributed by atoms with van der Waals surface area (Å²) >= 11 is 0. The van der Waals surface area contributed by atoms with Crippen LogP contribution >= 0.6 is 0 Å². The monoisotopic (exact) mass is 252 g/mol. The summed E-state index contributed by atoms with van der Waals surface area (Å²) in [6, 6.07) is 12.9. The molecule has 0 bridgehead atoms. The van der Waals surface area contributed by atoms with Crippen molar-refractivity contribution in [3.05, 3.63) is 53.9 Å². The topological polar surface area (TPSA) is 24.9 Å². The molecule has 0 saturated carbocycles. The second-order valence-electron chi connectivity index (χ2n) is 5.31. The summed E-state index contributed by atoms with van der Waals surface area (Å²) in [6.07, 6.45) is 4.35. The van der Waals surface area contributed by atoms with E-state index >= 15 is 0 Å². The molecule has 2 heteroatoms. The first-order valence-electron chi connectivity index (χ1n) is 7.07. The molecule has 2 aromatic rings. The quantitative estimate of drug-likeness (QED) is 0.884. The standard InChI is InChI=1S/C17H20N2/c1-13-4-2-3-5-16(13)15-8-11-19-17(12-15)14-6-9-18-10-7-14/h2-5,8,11-12,14,18H,6-7,9-10H2,1H3. The molecule has 1 N–H and O–H groups in total. The van der Waals surface area contributed by atoms with Gasteiger partial charge < -0.3 is 5.32 Å². The van der Waals surface area contributed by atoms with E-state index in [4.69, 9.17) is 0 Å². The highest BCUT2D eigenvalue weighted by molar-refractivity contribution is 5.67. The van der Waals surface area contributed by atoms with E-state index in [0.717, 1.165) is 13.1 Å². The fourth-order valence-corrected chi connectivity index (χ4v) is 2.85. The van der Waals surface area contributed by atoms with Crippen molar-refractivity contribution in [1.82, 2.24) is 10.3 Å². The molecule has 0 amide bonds. The van der Waals surface area contributed by atoms with Gasteiger partial charge in [0.15, 0.2) is 0 Å². The van der Waals surface area contributed by atoms with Gasteiger partial charge in [-0.25, -0.2) is 0 Å². The second-order valence-corrected chi connectivity index (χ2v) is 5.31. The lowest BCUT2D eigenvalue weighted by Gasteiger charge is -2.22. The van der Waals surface area contributed by atoms with Crippen LogP contribution in [0, 0.1) is 6.92 Å². The number of benzene rings is 1. The Kier molecular flexibility index (Phi) is 3.60. The lowest BCUT2D eigenvalue weighted by molar-refractivity contribution is 0.453. The number of nitrogens with one attached hydrogen (secondary N) is 1. The van der Waals surface area contributed by atoms with Gasteiger partial charge in [-0.05, 0) is 61.7 Å². The number of hydrogen-bond acceptors (Lipinski definition) is 2. The van der Waals surface area contributed by atoms with E-state index in [-0.39, 0.29) is 0 Å². The molecular weight excluding hydrogens is 232 g/mol. The zero-order valence-electron chi connectivity index (χ0n) is 11.4. The Morgan fingerprint density at radius 3 is 2.68 bits per heavy atom. The van der Waals surface area contributed by atoms with Crippen molar-refractivity contribution < 1.29 is 0 Å². The molecule has 19 heavy (non-hydrogen) atoms. The van der Waals surface area contributed by atoms with Gasteiger partial charge in [0.2, 0.25) is 0 Å². The van der Waals surface area contributed by atoms with Crippen molar-refractivity contribution in [2.75, 3.05) is 13.1 Å². The largest absolute Gasteiger partial charge is 0.317 e. The molecule has 0 radical (unpaired) electrons. The number of aromatic nitrogens is 1. The van der Waals surface area contributed by atoms with Crippen LogP contribution in [0.4, 0.5) is 0 Å². The maximum atomic E-state index is 4.59. The predicted octanol–water partition coefficient (Wildman–Crippen LogP) is 3.52. The van der Waals surface area contributed by atoms with Crippen molar-refractivity contribution in [1.29, 1.82) is 0 Å². The van der Waals surface area contributed by atoms with Crippen molar-refractivity contribution >= 4 is 0 Å². The van der Waals surface area contributed by atoms with Crippen molar-refractivity contribution in [2.45, 2.75) is 25.7 Å². The summed E-state index contributed by atoms with van der Waals surface area (Å²) in [5, 5.41) is 3.41. The number of rotatable bonds is 2. The van der Waals surface area contributed by atoms with Crippen LogP contribution in [0.5, 0.6) is 0 Å². The molecule has 0 aliphatic carbocycles. The first-order valence-corrected chi connectivity index (χ1v) is 7.07. The van der Waals surface area contributed by atoms with Crippen LogP contribution in [0.1, 0.15) is 30.0 Å². The molecule has 0 atom stereocenters. The van der Waals surface area contributed by atoms with Crippen LogP contribution in [-0.4, -0.2) is 18.1 Å². The minimum absolute atomic E-state index is 0.616. The third-order valence-corrected chi connectivity index (χ3v) is 3.99. The van der Waals surface area contributed by atoms with E-state index in [9.17, 15) is 0 Å². The Morgan fingerprint density at radius 1 is 1.11 bits per heavy atom. The Balaban J connectivity index is 1.93. The fraction of sp³-hybridized carbons (Fsp3) is 0.353. The van der Waals surface area contributed by atoms with Gasteiger partial charge >= 0.3 is 0 Å². The van der Waals surface area contributed by atoms with E-state index in [0.29, 0.717) is 5.92 Å². The van der Waals surface area contributed by atoms with Gasteiger partial charge in [-0.3, -0.25) is 4.98 Å². The van der Waals surface area contributed by atoms with E-state index in [1.165, 1.54) is 35.2 Å². The molecule has 1 aliphatic rings. The molecule has 0 spiro atoms. The van der Waals surface area contributed by atoms with Crippen LogP contribution < -0.4 is 5.32 Å². The minimum atomic E-state index is 0.616. The lowest BCUT2D eigenvalue weighted by Crippen LogP contribution is -2.27. The van der Waals surface area contributed by atoms with Crippen LogP contribution in [0.2, 0.25) is 0 Å². The molecule has 1 aliphatic heterocycles. The third kappa shape index (κ3) is 2.69. The number of aryl methyl sites for hydroxylation is 1. The Hall–Kier alpha value is -1.67. The summed E-state index contributed by atoms with van der Waals surface area (Å²) in [5.41, 5.74) is 5.19. The minimum Gasteiger partial charge on any atom is -0.317 e. The lowest BCUT2D eigenvalue weighted by atomic mass is 9.92. The van der Waals surface area contributed by atoms with Crippen LogP contribution in [0.3, 0.4) is 0 Å². The summed E-state index contributed by atoms with van der Waals surface area (Å²) in [4.78, 5) is 4.59. The number of nitrogens with zero attached hydrogens (tertiary/aromatic N) is 1. The van der Waals surface area contributed by atoms with Crippen molar-refractivity contribution in [2.24, 2.45) is 0 Å². The average molecular weight is 252 g/mol. The van der Waals surface area contributed by atoms with E-state index < -0.39 is 0 Å². The van der Waals surface area contributed by atoms with Gasteiger partial charge in [-0.2, -0.15) is 0 Å². The van der Waals surface area contributed by atoms with Gasteiger partial charge in [0.25, 0.3) is 0 Å². The van der Waals surface area contributed by atoms with E-state index in [2.05, 4.69) is 53.6 Å². The van der Waals surface area contributed by atoms with Crippen LogP contribution in [0.15, 0.2) is 42.6 Å². The molecule has 2 nitrogen and oxygen atoms in total. The molecule has 1 fully saturated rings. The highest BCUT2D eigenvalue weighted by Crippen LogP contribution is 2.28. The first kappa shape index (κ1) is 12.4. The molecule has 3 rings (SSSR count). The van der Waals surface area contributed by atoms with Crippen LogP contribution in [0.25, 0.3) is 11.1 Å². The van der Waals surface area contributed by atoms with Gasteiger partial charge in [-0.15, -0.1) is 0 Å². The van der Waals surface area contributed by atoms with Crippen molar-refractivity contribution in [3.8, 4) is 11.1 Å². The molecule has 1 aromatic carbocycles. The summed E-state index contributed by atoms with van der Waals surface area (Å²) < 4.78 is 0. The van der Waals surface area contributed by atoms with Crippen molar-refractivity contribution in [3.63, 3.8) is 0 Å². The first-order chi connectivity index (χ1) is 9.34. The maximum Gasteiger partial charge on any atom is 0.0441 e. The molecule has 0 unspecified atom stereocenters. The fourth-order valence-electron chi connectivity index (χ4n) is 2.85. The van der Waals surface area contributed by atoms with E-state index in [1.54, 1.807) is 0 Å². The number of pyridine rings is 1. The van der Waals surface area contributed by atoms with Gasteiger partial charge in [-0.1, -0.05) is 24.3 Å². The Labute approximate surface area is 114 Å². The Morgan fingerprint density at radius 2 is 1.89 bits per heavy atom. The van der Waals surface area contributed by atoms with Crippen LogP contribution in [-0.2, 0) is 0 Å². The van der Waals surface area contributed by atoms with E-state index in [1.807, 2.05) is 6.20 Å². The molecule has 1 aromatic heterocycles. The molecule has 2 heterocycles. The second kappa shape index (κ2) is 5.54. The normalized spacial score (nSPS) is 16.5. The zero-order valence-corrected chi connectivity index (χ0v) is 11.4. The summed E-state index contributed by atoms with van der Waals surface area (Å²) in [5.74, 6) is 0.616.